The quantitative estimate of drug-likeness (QED) is 0.804. The van der Waals surface area contributed by atoms with Gasteiger partial charge in [0.1, 0.15) is 0 Å². The largest absolute Gasteiger partial charge is 0.372 e. The molecule has 0 saturated carbocycles. The molecule has 0 saturated heterocycles. The van der Waals surface area contributed by atoms with Crippen molar-refractivity contribution >= 4 is 0 Å². The minimum atomic E-state index is 0.245. The lowest BCUT2D eigenvalue weighted by atomic mass is 9.98. The van der Waals surface area contributed by atoms with E-state index in [1.54, 1.807) is 0 Å². The molecule has 2 heteroatoms. The van der Waals surface area contributed by atoms with Crippen molar-refractivity contribution in [2.75, 3.05) is 20.2 Å². The van der Waals surface area contributed by atoms with Gasteiger partial charge in [0.15, 0.2) is 0 Å². The summed E-state index contributed by atoms with van der Waals surface area (Å²) < 4.78 is 5.68. The molecule has 1 aliphatic heterocycles. The third-order valence-corrected chi connectivity index (χ3v) is 2.48. The second-order valence-corrected chi connectivity index (χ2v) is 3.37. The van der Waals surface area contributed by atoms with Crippen molar-refractivity contribution in [2.45, 2.75) is 26.4 Å². The van der Waals surface area contributed by atoms with Gasteiger partial charge in [-0.3, -0.25) is 0 Å². The Bertz CT molecular complexity index is 286. The molecular weight excluding hydrogens is 186 g/mol. The van der Waals surface area contributed by atoms with E-state index in [1.807, 2.05) is 20.9 Å². The SMILES string of the molecule is CC.CNCC1OCCc2ccccc21. The van der Waals surface area contributed by atoms with Crippen LogP contribution in [0.15, 0.2) is 24.3 Å². The molecule has 1 unspecified atom stereocenters. The molecule has 15 heavy (non-hydrogen) atoms. The second kappa shape index (κ2) is 6.59. The molecule has 0 bridgehead atoms. The van der Waals surface area contributed by atoms with Crippen molar-refractivity contribution in [3.63, 3.8) is 0 Å². The van der Waals surface area contributed by atoms with Crippen molar-refractivity contribution in [1.82, 2.24) is 5.32 Å². The van der Waals surface area contributed by atoms with Crippen molar-refractivity contribution in [3.8, 4) is 0 Å². The van der Waals surface area contributed by atoms with Crippen LogP contribution in [0, 0.1) is 0 Å². The van der Waals surface area contributed by atoms with E-state index in [2.05, 4.69) is 29.6 Å². The zero-order valence-electron chi connectivity index (χ0n) is 9.92. The Hall–Kier alpha value is -0.860. The van der Waals surface area contributed by atoms with Gasteiger partial charge in [0.2, 0.25) is 0 Å². The summed E-state index contributed by atoms with van der Waals surface area (Å²) in [5.41, 5.74) is 2.79. The molecule has 0 fully saturated rings. The first-order chi connectivity index (χ1) is 7.42. The third-order valence-electron chi connectivity index (χ3n) is 2.48. The first-order valence-electron chi connectivity index (χ1n) is 5.76. The highest BCUT2D eigenvalue weighted by molar-refractivity contribution is 5.31. The summed E-state index contributed by atoms with van der Waals surface area (Å²) in [7, 11) is 1.96. The van der Waals surface area contributed by atoms with Gasteiger partial charge in [0.25, 0.3) is 0 Å². The average Bonchev–Trinajstić information content (AvgIpc) is 2.33. The standard InChI is InChI=1S/C11H15NO.C2H6/c1-12-8-11-10-5-3-2-4-9(10)6-7-13-11;1-2/h2-5,11-12H,6-8H2,1H3;1-2H3. The van der Waals surface area contributed by atoms with Crippen LogP contribution < -0.4 is 5.32 Å². The van der Waals surface area contributed by atoms with Gasteiger partial charge in [0.05, 0.1) is 12.7 Å². The van der Waals surface area contributed by atoms with Crippen LogP contribution in [0.1, 0.15) is 31.1 Å². The molecule has 0 aliphatic carbocycles. The molecular formula is C13H21NO. The van der Waals surface area contributed by atoms with Crippen LogP contribution in [0.5, 0.6) is 0 Å². The lowest BCUT2D eigenvalue weighted by Crippen LogP contribution is -2.25. The molecule has 1 heterocycles. The molecule has 1 aromatic carbocycles. The zero-order valence-corrected chi connectivity index (χ0v) is 9.92. The first-order valence-corrected chi connectivity index (χ1v) is 5.76. The lowest BCUT2D eigenvalue weighted by molar-refractivity contribution is 0.0438. The van der Waals surface area contributed by atoms with E-state index < -0.39 is 0 Å². The fourth-order valence-electron chi connectivity index (χ4n) is 1.83. The van der Waals surface area contributed by atoms with Gasteiger partial charge in [-0.15, -0.1) is 0 Å². The van der Waals surface area contributed by atoms with Crippen LogP contribution in [-0.4, -0.2) is 20.2 Å². The molecule has 0 spiro atoms. The van der Waals surface area contributed by atoms with Crippen molar-refractivity contribution in [1.29, 1.82) is 0 Å². The van der Waals surface area contributed by atoms with Crippen LogP contribution in [-0.2, 0) is 11.2 Å². The van der Waals surface area contributed by atoms with Gasteiger partial charge in [-0.1, -0.05) is 38.1 Å². The van der Waals surface area contributed by atoms with Gasteiger partial charge in [-0.2, -0.15) is 0 Å². The van der Waals surface area contributed by atoms with E-state index in [1.165, 1.54) is 11.1 Å². The number of hydrogen-bond acceptors (Lipinski definition) is 2. The van der Waals surface area contributed by atoms with Gasteiger partial charge in [-0.25, -0.2) is 0 Å². The van der Waals surface area contributed by atoms with Crippen LogP contribution in [0.4, 0.5) is 0 Å². The zero-order chi connectivity index (χ0) is 11.1. The number of rotatable bonds is 2. The van der Waals surface area contributed by atoms with Crippen LogP contribution in [0.25, 0.3) is 0 Å². The highest BCUT2D eigenvalue weighted by atomic mass is 16.5. The van der Waals surface area contributed by atoms with E-state index >= 15 is 0 Å². The molecule has 2 nitrogen and oxygen atoms in total. The second-order valence-electron chi connectivity index (χ2n) is 3.37. The highest BCUT2D eigenvalue weighted by Crippen LogP contribution is 2.25. The van der Waals surface area contributed by atoms with Gasteiger partial charge in [-0.05, 0) is 24.6 Å². The van der Waals surface area contributed by atoms with E-state index in [-0.39, 0.29) is 6.10 Å². The Morgan fingerprint density at radius 3 is 2.80 bits per heavy atom. The normalized spacial score (nSPS) is 18.7. The number of fused-ring (bicyclic) bond motifs is 1. The Balaban J connectivity index is 0.000000531. The smallest absolute Gasteiger partial charge is 0.0951 e. The Kier molecular flexibility index (Phi) is 5.37. The number of ether oxygens (including phenoxy) is 1. The molecule has 0 amide bonds. The monoisotopic (exact) mass is 207 g/mol. The van der Waals surface area contributed by atoms with Crippen LogP contribution in [0.3, 0.4) is 0 Å². The van der Waals surface area contributed by atoms with Crippen molar-refractivity contribution in [2.24, 2.45) is 0 Å². The molecule has 1 N–H and O–H groups in total. The van der Waals surface area contributed by atoms with Gasteiger partial charge in [0, 0.05) is 6.54 Å². The fourth-order valence-corrected chi connectivity index (χ4v) is 1.83. The van der Waals surface area contributed by atoms with E-state index in [0.717, 1.165) is 19.6 Å². The molecule has 0 radical (unpaired) electrons. The predicted octanol–water partition coefficient (Wildman–Crippen LogP) is 2.55. The maximum absolute atomic E-state index is 5.68. The third kappa shape index (κ3) is 3.05. The molecule has 1 atom stereocenters. The Morgan fingerprint density at radius 1 is 1.33 bits per heavy atom. The van der Waals surface area contributed by atoms with E-state index in [4.69, 9.17) is 4.74 Å². The van der Waals surface area contributed by atoms with Crippen molar-refractivity contribution in [3.05, 3.63) is 35.4 Å². The maximum atomic E-state index is 5.68. The van der Waals surface area contributed by atoms with Crippen LogP contribution >= 0.6 is 0 Å². The minimum Gasteiger partial charge on any atom is -0.372 e. The number of nitrogens with one attached hydrogen (secondary N) is 1. The summed E-state index contributed by atoms with van der Waals surface area (Å²) in [4.78, 5) is 0. The number of likely N-dealkylation sites (N-methyl/N-ethyl adjacent to an activating group) is 1. The Morgan fingerprint density at radius 2 is 2.07 bits per heavy atom. The average molecular weight is 207 g/mol. The summed E-state index contributed by atoms with van der Waals surface area (Å²) in [5.74, 6) is 0. The number of hydrogen-bond donors (Lipinski definition) is 1. The number of benzene rings is 1. The van der Waals surface area contributed by atoms with Crippen molar-refractivity contribution < 1.29 is 4.74 Å². The first kappa shape index (κ1) is 12.2. The lowest BCUT2D eigenvalue weighted by Gasteiger charge is -2.25. The molecule has 0 aromatic heterocycles. The fraction of sp³-hybridized carbons (Fsp3) is 0.538. The molecule has 84 valence electrons. The summed E-state index contributed by atoms with van der Waals surface area (Å²) >= 11 is 0. The van der Waals surface area contributed by atoms with Crippen LogP contribution in [0.2, 0.25) is 0 Å². The van der Waals surface area contributed by atoms with Gasteiger partial charge < -0.3 is 10.1 Å². The molecule has 2 rings (SSSR count). The van der Waals surface area contributed by atoms with E-state index in [9.17, 15) is 0 Å². The summed E-state index contributed by atoms with van der Waals surface area (Å²) in [6, 6.07) is 8.54. The summed E-state index contributed by atoms with van der Waals surface area (Å²) in [6.07, 6.45) is 1.30. The highest BCUT2D eigenvalue weighted by Gasteiger charge is 2.18. The van der Waals surface area contributed by atoms with E-state index in [0.29, 0.717) is 0 Å². The Labute approximate surface area is 92.6 Å². The molecule has 1 aliphatic rings. The minimum absolute atomic E-state index is 0.245. The topological polar surface area (TPSA) is 21.3 Å². The predicted molar refractivity (Wildman–Crippen MR) is 64.1 cm³/mol. The molecule has 1 aromatic rings. The summed E-state index contributed by atoms with van der Waals surface area (Å²) in [6.45, 7) is 5.75. The summed E-state index contributed by atoms with van der Waals surface area (Å²) in [5, 5.41) is 3.15. The van der Waals surface area contributed by atoms with Gasteiger partial charge >= 0.3 is 0 Å². The maximum Gasteiger partial charge on any atom is 0.0951 e.